The molecule has 3 rings (SSSR count). The lowest BCUT2D eigenvalue weighted by Crippen LogP contribution is -2.13. The summed E-state index contributed by atoms with van der Waals surface area (Å²) in [5, 5.41) is 8.17. The standard InChI is InChI=1S/C16H19ClFN3/c17-12-6-7-15(18)16(10-12)19-11-13-8-9-21(20-13)14-4-2-1-3-5-14/h6-10,14,19H,1-5,11H2. The Morgan fingerprint density at radius 1 is 1.24 bits per heavy atom. The van der Waals surface area contributed by atoms with Crippen LogP contribution in [0.4, 0.5) is 10.1 Å². The first-order valence-corrected chi connectivity index (χ1v) is 7.83. The monoisotopic (exact) mass is 307 g/mol. The van der Waals surface area contributed by atoms with Crippen molar-refractivity contribution in [1.29, 1.82) is 0 Å². The Hall–Kier alpha value is -1.55. The first-order valence-electron chi connectivity index (χ1n) is 7.45. The highest BCUT2D eigenvalue weighted by Gasteiger charge is 2.16. The second-order valence-corrected chi connectivity index (χ2v) is 5.99. The average Bonchev–Trinajstić information content (AvgIpc) is 2.98. The third-order valence-corrected chi connectivity index (χ3v) is 4.24. The van der Waals surface area contributed by atoms with Crippen LogP contribution in [0.15, 0.2) is 30.5 Å². The van der Waals surface area contributed by atoms with Gasteiger partial charge in [0.2, 0.25) is 0 Å². The Bertz CT molecular complexity index is 605. The van der Waals surface area contributed by atoms with Gasteiger partial charge in [0, 0.05) is 11.2 Å². The zero-order valence-corrected chi connectivity index (χ0v) is 12.6. The average molecular weight is 308 g/mol. The molecule has 3 nitrogen and oxygen atoms in total. The summed E-state index contributed by atoms with van der Waals surface area (Å²) in [5.41, 5.74) is 1.33. The Morgan fingerprint density at radius 2 is 2.05 bits per heavy atom. The summed E-state index contributed by atoms with van der Waals surface area (Å²) in [6.45, 7) is 0.497. The van der Waals surface area contributed by atoms with E-state index in [4.69, 9.17) is 11.6 Å². The third kappa shape index (κ3) is 3.56. The summed E-state index contributed by atoms with van der Waals surface area (Å²) < 4.78 is 15.7. The van der Waals surface area contributed by atoms with Crippen LogP contribution in [0.5, 0.6) is 0 Å². The smallest absolute Gasteiger partial charge is 0.146 e. The molecular formula is C16H19ClFN3. The van der Waals surface area contributed by atoms with Crippen LogP contribution in [0.2, 0.25) is 5.02 Å². The molecule has 1 aliphatic rings. The van der Waals surface area contributed by atoms with Crippen molar-refractivity contribution in [3.63, 3.8) is 0 Å². The molecule has 1 aromatic heterocycles. The lowest BCUT2D eigenvalue weighted by Gasteiger charge is -2.21. The van der Waals surface area contributed by atoms with E-state index in [1.54, 1.807) is 12.1 Å². The lowest BCUT2D eigenvalue weighted by molar-refractivity contribution is 0.328. The van der Waals surface area contributed by atoms with Crippen molar-refractivity contribution in [3.8, 4) is 0 Å². The minimum absolute atomic E-state index is 0.300. The highest BCUT2D eigenvalue weighted by molar-refractivity contribution is 6.30. The Labute approximate surface area is 129 Å². The molecule has 0 spiro atoms. The van der Waals surface area contributed by atoms with Crippen molar-refractivity contribution >= 4 is 17.3 Å². The molecule has 0 radical (unpaired) electrons. The molecule has 1 saturated carbocycles. The molecule has 21 heavy (non-hydrogen) atoms. The van der Waals surface area contributed by atoms with Crippen LogP contribution in [0.3, 0.4) is 0 Å². The molecule has 1 aliphatic carbocycles. The van der Waals surface area contributed by atoms with E-state index < -0.39 is 0 Å². The van der Waals surface area contributed by atoms with E-state index in [2.05, 4.69) is 15.1 Å². The van der Waals surface area contributed by atoms with E-state index >= 15 is 0 Å². The lowest BCUT2D eigenvalue weighted by atomic mass is 9.96. The number of hydrogen-bond donors (Lipinski definition) is 1. The Balaban J connectivity index is 1.63. The first kappa shape index (κ1) is 14.4. The predicted octanol–water partition coefficient (Wildman–Crippen LogP) is 4.79. The van der Waals surface area contributed by atoms with Crippen molar-refractivity contribution in [2.45, 2.75) is 44.7 Å². The van der Waals surface area contributed by atoms with Crippen LogP contribution >= 0.6 is 11.6 Å². The molecule has 0 amide bonds. The number of benzene rings is 1. The normalized spacial score (nSPS) is 16.1. The molecule has 5 heteroatoms. The zero-order chi connectivity index (χ0) is 14.7. The van der Waals surface area contributed by atoms with E-state index in [9.17, 15) is 4.39 Å². The highest BCUT2D eigenvalue weighted by Crippen LogP contribution is 2.27. The van der Waals surface area contributed by atoms with Gasteiger partial charge in [-0.15, -0.1) is 0 Å². The van der Waals surface area contributed by atoms with E-state index in [-0.39, 0.29) is 5.82 Å². The van der Waals surface area contributed by atoms with Crippen LogP contribution in [0, 0.1) is 5.82 Å². The van der Waals surface area contributed by atoms with Crippen molar-refractivity contribution < 1.29 is 4.39 Å². The quantitative estimate of drug-likeness (QED) is 0.880. The number of aromatic nitrogens is 2. The van der Waals surface area contributed by atoms with Gasteiger partial charge in [-0.2, -0.15) is 5.10 Å². The maximum atomic E-state index is 13.6. The van der Waals surface area contributed by atoms with Gasteiger partial charge in [-0.1, -0.05) is 30.9 Å². The topological polar surface area (TPSA) is 29.9 Å². The Kier molecular flexibility index (Phi) is 4.44. The molecule has 1 fully saturated rings. The summed E-state index contributed by atoms with van der Waals surface area (Å²) in [6, 6.07) is 7.01. The fourth-order valence-corrected chi connectivity index (χ4v) is 3.01. The Morgan fingerprint density at radius 3 is 2.86 bits per heavy atom. The molecule has 0 bridgehead atoms. The number of halogens is 2. The van der Waals surface area contributed by atoms with Crippen molar-refractivity contribution in [1.82, 2.24) is 9.78 Å². The molecule has 0 atom stereocenters. The van der Waals surface area contributed by atoms with E-state index in [1.165, 1.54) is 38.2 Å². The van der Waals surface area contributed by atoms with Crippen LogP contribution in [-0.2, 0) is 6.54 Å². The highest BCUT2D eigenvalue weighted by atomic mass is 35.5. The minimum atomic E-state index is -0.300. The van der Waals surface area contributed by atoms with Gasteiger partial charge in [0.15, 0.2) is 0 Å². The van der Waals surface area contributed by atoms with E-state index in [0.29, 0.717) is 23.3 Å². The molecule has 0 saturated heterocycles. The number of anilines is 1. The third-order valence-electron chi connectivity index (χ3n) is 4.00. The summed E-state index contributed by atoms with van der Waals surface area (Å²) in [5.74, 6) is -0.300. The number of rotatable bonds is 4. The van der Waals surface area contributed by atoms with Gasteiger partial charge in [0.05, 0.1) is 24.0 Å². The summed E-state index contributed by atoms with van der Waals surface area (Å²) in [7, 11) is 0. The molecule has 1 heterocycles. The van der Waals surface area contributed by atoms with E-state index in [1.807, 2.05) is 12.3 Å². The van der Waals surface area contributed by atoms with Gasteiger partial charge < -0.3 is 5.32 Å². The van der Waals surface area contributed by atoms with Gasteiger partial charge in [0.25, 0.3) is 0 Å². The zero-order valence-electron chi connectivity index (χ0n) is 11.9. The maximum Gasteiger partial charge on any atom is 0.146 e. The van der Waals surface area contributed by atoms with Crippen molar-refractivity contribution in [2.75, 3.05) is 5.32 Å². The largest absolute Gasteiger partial charge is 0.377 e. The van der Waals surface area contributed by atoms with Crippen molar-refractivity contribution in [2.24, 2.45) is 0 Å². The second kappa shape index (κ2) is 6.48. The fourth-order valence-electron chi connectivity index (χ4n) is 2.84. The number of hydrogen-bond acceptors (Lipinski definition) is 2. The van der Waals surface area contributed by atoms with E-state index in [0.717, 1.165) is 5.69 Å². The molecule has 1 N–H and O–H groups in total. The van der Waals surface area contributed by atoms with Gasteiger partial charge in [-0.25, -0.2) is 4.39 Å². The fraction of sp³-hybridized carbons (Fsp3) is 0.438. The van der Waals surface area contributed by atoms with Gasteiger partial charge >= 0.3 is 0 Å². The van der Waals surface area contributed by atoms with Crippen molar-refractivity contribution in [3.05, 3.63) is 47.0 Å². The summed E-state index contributed by atoms with van der Waals surface area (Å²) in [6.07, 6.45) is 8.34. The van der Waals surface area contributed by atoms with Crippen LogP contribution in [0.1, 0.15) is 43.8 Å². The predicted molar refractivity (Wildman–Crippen MR) is 83.1 cm³/mol. The molecule has 2 aromatic rings. The molecule has 0 unspecified atom stereocenters. The molecular weight excluding hydrogens is 289 g/mol. The van der Waals surface area contributed by atoms with Crippen LogP contribution in [0.25, 0.3) is 0 Å². The van der Waals surface area contributed by atoms with Gasteiger partial charge in [-0.3, -0.25) is 4.68 Å². The van der Waals surface area contributed by atoms with Gasteiger partial charge in [-0.05, 0) is 37.1 Å². The minimum Gasteiger partial charge on any atom is -0.377 e. The summed E-state index contributed by atoms with van der Waals surface area (Å²) >= 11 is 5.88. The summed E-state index contributed by atoms with van der Waals surface area (Å²) in [4.78, 5) is 0. The maximum absolute atomic E-state index is 13.6. The molecule has 112 valence electrons. The van der Waals surface area contributed by atoms with Crippen LogP contribution < -0.4 is 5.32 Å². The second-order valence-electron chi connectivity index (χ2n) is 5.56. The molecule has 1 aromatic carbocycles. The number of nitrogens with one attached hydrogen (secondary N) is 1. The molecule has 0 aliphatic heterocycles. The van der Waals surface area contributed by atoms with Crippen LogP contribution in [-0.4, -0.2) is 9.78 Å². The SMILES string of the molecule is Fc1ccc(Cl)cc1NCc1ccn(C2CCCCC2)n1. The first-order chi connectivity index (χ1) is 10.2. The number of nitrogens with zero attached hydrogens (tertiary/aromatic N) is 2. The van der Waals surface area contributed by atoms with Gasteiger partial charge in [0.1, 0.15) is 5.82 Å².